The molecule has 0 spiro atoms. The van der Waals surface area contributed by atoms with Crippen LogP contribution < -0.4 is 4.72 Å². The van der Waals surface area contributed by atoms with Crippen molar-refractivity contribution in [2.45, 2.75) is 11.9 Å². The Balaban J connectivity index is 2.26. The zero-order chi connectivity index (χ0) is 10.9. The molecule has 7 nitrogen and oxygen atoms in total. The fraction of sp³-hybridized carbons (Fsp3) is 0.143. The van der Waals surface area contributed by atoms with E-state index in [0.717, 1.165) is 0 Å². The topological polar surface area (TPSA) is 101 Å². The predicted molar refractivity (Wildman–Crippen MR) is 50.6 cm³/mol. The van der Waals surface area contributed by atoms with Gasteiger partial charge >= 0.3 is 0 Å². The molecule has 0 saturated heterocycles. The molecule has 2 N–H and O–H groups in total. The summed E-state index contributed by atoms with van der Waals surface area (Å²) in [4.78, 5) is 6.10. The van der Waals surface area contributed by atoms with Crippen molar-refractivity contribution in [2.24, 2.45) is 0 Å². The van der Waals surface area contributed by atoms with Crippen molar-refractivity contribution >= 4 is 15.8 Å². The number of H-pyrrole nitrogens is 1. The number of imidazole rings is 1. The summed E-state index contributed by atoms with van der Waals surface area (Å²) in [5.74, 6) is 0.666. The number of sulfonamides is 1. The highest BCUT2D eigenvalue weighted by molar-refractivity contribution is 7.92. The first kappa shape index (κ1) is 9.71. The zero-order valence-electron chi connectivity index (χ0n) is 7.76. The van der Waals surface area contributed by atoms with E-state index in [4.69, 9.17) is 4.52 Å². The van der Waals surface area contributed by atoms with E-state index in [-0.39, 0.29) is 10.8 Å². The van der Waals surface area contributed by atoms with Crippen molar-refractivity contribution in [3.63, 3.8) is 0 Å². The summed E-state index contributed by atoms with van der Waals surface area (Å²) in [5, 5.41) is 3.49. The number of nitrogens with zero attached hydrogens (tertiary/aromatic N) is 2. The zero-order valence-corrected chi connectivity index (χ0v) is 8.58. The second-order valence-corrected chi connectivity index (χ2v) is 4.49. The van der Waals surface area contributed by atoms with Gasteiger partial charge in [-0.3, -0.25) is 4.72 Å². The lowest BCUT2D eigenvalue weighted by atomic mass is 10.5. The van der Waals surface area contributed by atoms with Gasteiger partial charge in [-0.2, -0.15) is 8.42 Å². The Hall–Kier alpha value is -1.83. The largest absolute Gasteiger partial charge is 0.360 e. The molecule has 0 aliphatic carbocycles. The molecule has 15 heavy (non-hydrogen) atoms. The molecule has 8 heteroatoms. The molecular weight excluding hydrogens is 220 g/mol. The van der Waals surface area contributed by atoms with Crippen molar-refractivity contribution in [2.75, 3.05) is 4.72 Å². The van der Waals surface area contributed by atoms with Gasteiger partial charge in [0.05, 0.1) is 12.5 Å². The average Bonchev–Trinajstić information content (AvgIpc) is 2.75. The molecular formula is C7H8N4O3S. The fourth-order valence-electron chi connectivity index (χ4n) is 0.997. The van der Waals surface area contributed by atoms with Crippen molar-refractivity contribution in [1.82, 2.24) is 15.1 Å². The van der Waals surface area contributed by atoms with E-state index in [1.165, 1.54) is 18.6 Å². The molecule has 0 radical (unpaired) electrons. The summed E-state index contributed by atoms with van der Waals surface area (Å²) in [5.41, 5.74) is 0. The minimum Gasteiger partial charge on any atom is -0.360 e. The Morgan fingerprint density at radius 2 is 2.33 bits per heavy atom. The highest BCUT2D eigenvalue weighted by Gasteiger charge is 2.17. The standard InChI is InChI=1S/C7H8N4O3S/c1-5-2-6(10-14-5)11-15(12,13)7-3-8-4-9-7/h2-4H,1H3,(H,8,9)(H,10,11). The highest BCUT2D eigenvalue weighted by Crippen LogP contribution is 2.12. The lowest BCUT2D eigenvalue weighted by Crippen LogP contribution is -2.13. The number of hydrogen-bond donors (Lipinski definition) is 2. The normalized spacial score (nSPS) is 11.5. The van der Waals surface area contributed by atoms with Gasteiger partial charge in [-0.25, -0.2) is 4.98 Å². The first-order valence-corrected chi connectivity index (χ1v) is 5.51. The molecule has 0 unspecified atom stereocenters. The predicted octanol–water partition coefficient (Wildman–Crippen LogP) is 0.507. The third-order valence-corrected chi connectivity index (χ3v) is 2.91. The van der Waals surface area contributed by atoms with Gasteiger partial charge in [-0.15, -0.1) is 0 Å². The Morgan fingerprint density at radius 3 is 2.87 bits per heavy atom. The van der Waals surface area contributed by atoms with E-state index >= 15 is 0 Å². The SMILES string of the molecule is Cc1cc(NS(=O)(=O)c2cnc[nH]2)no1. The first-order valence-electron chi connectivity index (χ1n) is 4.02. The number of rotatable bonds is 3. The molecule has 0 saturated carbocycles. The van der Waals surface area contributed by atoms with Gasteiger partial charge < -0.3 is 9.51 Å². The molecule has 80 valence electrons. The molecule has 0 bridgehead atoms. The van der Waals surface area contributed by atoms with Gasteiger partial charge in [0, 0.05) is 6.07 Å². The number of aryl methyl sites for hydroxylation is 1. The second-order valence-electron chi connectivity index (χ2n) is 2.84. The summed E-state index contributed by atoms with van der Waals surface area (Å²) in [6.45, 7) is 1.67. The maximum Gasteiger partial charge on any atom is 0.280 e. The number of nitrogens with one attached hydrogen (secondary N) is 2. The maximum absolute atomic E-state index is 11.6. The smallest absolute Gasteiger partial charge is 0.280 e. The summed E-state index contributed by atoms with van der Waals surface area (Å²) in [6.07, 6.45) is 2.48. The number of aromatic amines is 1. The maximum atomic E-state index is 11.6. The van der Waals surface area contributed by atoms with E-state index in [9.17, 15) is 8.42 Å². The van der Waals surface area contributed by atoms with E-state index < -0.39 is 10.0 Å². The van der Waals surface area contributed by atoms with Crippen LogP contribution in [-0.4, -0.2) is 23.5 Å². The lowest BCUT2D eigenvalue weighted by Gasteiger charge is -2.00. The fourth-order valence-corrected chi connectivity index (χ4v) is 1.89. The van der Waals surface area contributed by atoms with E-state index in [1.807, 2.05) is 0 Å². The van der Waals surface area contributed by atoms with Gasteiger partial charge in [-0.1, -0.05) is 5.16 Å². The molecule has 2 heterocycles. The quantitative estimate of drug-likeness (QED) is 0.796. The molecule has 0 aromatic carbocycles. The third-order valence-electron chi connectivity index (χ3n) is 1.63. The van der Waals surface area contributed by atoms with Crippen LogP contribution in [0.4, 0.5) is 5.82 Å². The summed E-state index contributed by atoms with van der Waals surface area (Å²) in [7, 11) is -3.65. The van der Waals surface area contributed by atoms with Crippen LogP contribution >= 0.6 is 0 Å². The summed E-state index contributed by atoms with van der Waals surface area (Å²) < 4.78 is 30.2. The Morgan fingerprint density at radius 1 is 1.53 bits per heavy atom. The van der Waals surface area contributed by atoms with Crippen LogP contribution in [0.15, 0.2) is 28.1 Å². The van der Waals surface area contributed by atoms with Crippen LogP contribution in [0.1, 0.15) is 5.76 Å². The Labute approximate surface area is 85.6 Å². The van der Waals surface area contributed by atoms with Crippen LogP contribution in [0.5, 0.6) is 0 Å². The molecule has 0 amide bonds. The first-order chi connectivity index (χ1) is 7.08. The highest BCUT2D eigenvalue weighted by atomic mass is 32.2. The minimum atomic E-state index is -3.65. The van der Waals surface area contributed by atoms with Gasteiger partial charge in [0.25, 0.3) is 10.0 Å². The van der Waals surface area contributed by atoms with Crippen molar-refractivity contribution in [3.05, 3.63) is 24.4 Å². The van der Waals surface area contributed by atoms with Gasteiger partial charge in [-0.05, 0) is 6.92 Å². The van der Waals surface area contributed by atoms with Crippen LogP contribution in [0.25, 0.3) is 0 Å². The molecule has 0 atom stereocenters. The molecule has 0 aliphatic heterocycles. The Bertz CT molecular complexity index is 543. The number of anilines is 1. The molecule has 0 fully saturated rings. The second kappa shape index (κ2) is 3.39. The summed E-state index contributed by atoms with van der Waals surface area (Å²) in [6, 6.07) is 1.48. The third kappa shape index (κ3) is 1.99. The number of hydrogen-bond acceptors (Lipinski definition) is 5. The van der Waals surface area contributed by atoms with Crippen LogP contribution in [-0.2, 0) is 10.0 Å². The molecule has 2 rings (SSSR count). The number of aromatic nitrogens is 3. The van der Waals surface area contributed by atoms with Crippen molar-refractivity contribution < 1.29 is 12.9 Å². The van der Waals surface area contributed by atoms with Crippen LogP contribution in [0.2, 0.25) is 0 Å². The van der Waals surface area contributed by atoms with E-state index in [0.29, 0.717) is 5.76 Å². The van der Waals surface area contributed by atoms with Crippen molar-refractivity contribution in [1.29, 1.82) is 0 Å². The van der Waals surface area contributed by atoms with Gasteiger partial charge in [0.15, 0.2) is 10.8 Å². The molecule has 2 aromatic rings. The van der Waals surface area contributed by atoms with Crippen molar-refractivity contribution in [3.8, 4) is 0 Å². The van der Waals surface area contributed by atoms with E-state index in [2.05, 4.69) is 19.8 Å². The van der Waals surface area contributed by atoms with Gasteiger partial charge in [0.2, 0.25) is 0 Å². The monoisotopic (exact) mass is 228 g/mol. The van der Waals surface area contributed by atoms with Crippen LogP contribution in [0.3, 0.4) is 0 Å². The van der Waals surface area contributed by atoms with Crippen LogP contribution in [0, 0.1) is 6.92 Å². The minimum absolute atomic E-state index is 0.0249. The summed E-state index contributed by atoms with van der Waals surface area (Å²) >= 11 is 0. The Kier molecular flexibility index (Phi) is 2.19. The molecule has 2 aromatic heterocycles. The average molecular weight is 228 g/mol. The lowest BCUT2D eigenvalue weighted by molar-refractivity contribution is 0.400. The molecule has 0 aliphatic rings. The van der Waals surface area contributed by atoms with Gasteiger partial charge in [0.1, 0.15) is 5.76 Å². The van der Waals surface area contributed by atoms with E-state index in [1.54, 1.807) is 6.92 Å².